The summed E-state index contributed by atoms with van der Waals surface area (Å²) >= 11 is 0. The molecular weight excluding hydrogens is 260 g/mol. The van der Waals surface area contributed by atoms with Crippen molar-refractivity contribution in [2.75, 3.05) is 0 Å². The summed E-state index contributed by atoms with van der Waals surface area (Å²) in [6, 6.07) is 20.0. The molecule has 0 N–H and O–H groups in total. The van der Waals surface area contributed by atoms with Crippen LogP contribution in [0.2, 0.25) is 0 Å². The van der Waals surface area contributed by atoms with Gasteiger partial charge in [0, 0.05) is 41.7 Å². The van der Waals surface area contributed by atoms with E-state index in [2.05, 4.69) is 0 Å². The van der Waals surface area contributed by atoms with E-state index in [1.807, 2.05) is 60.7 Å². The molecular formula is C10H10Ce-2. The third kappa shape index (κ3) is 6.47. The zero-order valence-corrected chi connectivity index (χ0v) is 9.41. The molecule has 0 aliphatic carbocycles. The normalized spacial score (nSPS) is 7.27. The molecule has 2 rings (SSSR count). The molecule has 0 saturated carbocycles. The summed E-state index contributed by atoms with van der Waals surface area (Å²) in [5.74, 6) is 0. The van der Waals surface area contributed by atoms with Crippen molar-refractivity contribution in [3.05, 3.63) is 60.7 Å². The molecule has 0 spiro atoms. The molecule has 0 nitrogen and oxygen atoms in total. The Balaban J connectivity index is 0.000000167. The van der Waals surface area contributed by atoms with Crippen LogP contribution in [0, 0.1) is 41.7 Å². The smallest absolute Gasteiger partial charge is 0 e. The van der Waals surface area contributed by atoms with Gasteiger partial charge < -0.3 is 0 Å². The van der Waals surface area contributed by atoms with Crippen LogP contribution in [0.25, 0.3) is 0 Å². The van der Waals surface area contributed by atoms with Gasteiger partial charge in [0.25, 0.3) is 0 Å². The summed E-state index contributed by atoms with van der Waals surface area (Å²) < 4.78 is 0. The Morgan fingerprint density at radius 1 is 0.545 bits per heavy atom. The predicted molar refractivity (Wildman–Crippen MR) is 44.1 cm³/mol. The van der Waals surface area contributed by atoms with Crippen LogP contribution in [0.1, 0.15) is 0 Å². The molecule has 2 aromatic rings. The van der Waals surface area contributed by atoms with E-state index in [1.165, 1.54) is 0 Å². The second kappa shape index (κ2) is 8.18. The van der Waals surface area contributed by atoms with Crippen molar-refractivity contribution in [3.63, 3.8) is 0 Å². The molecule has 1 heteroatoms. The zero-order chi connectivity index (χ0) is 7.07. The molecule has 0 aromatic heterocycles. The van der Waals surface area contributed by atoms with Crippen molar-refractivity contribution >= 4 is 0 Å². The summed E-state index contributed by atoms with van der Waals surface area (Å²) in [5, 5.41) is 0. The number of hydrogen-bond donors (Lipinski definition) is 0. The standard InChI is InChI=1S/2C5H5.Ce/c2*1-2-4-5-3-1;/h2*1-5H;/q2*-1;. The second-order valence-electron chi connectivity index (χ2n) is 1.92. The van der Waals surface area contributed by atoms with Gasteiger partial charge in [-0.15, -0.1) is 0 Å². The Kier molecular flexibility index (Phi) is 8.23. The van der Waals surface area contributed by atoms with E-state index in [4.69, 9.17) is 0 Å². The first-order valence-corrected chi connectivity index (χ1v) is 3.33. The van der Waals surface area contributed by atoms with Gasteiger partial charge in [-0.05, 0) is 0 Å². The fraction of sp³-hybridized carbons (Fsp3) is 0. The molecule has 11 heavy (non-hydrogen) atoms. The number of hydrogen-bond acceptors (Lipinski definition) is 0. The summed E-state index contributed by atoms with van der Waals surface area (Å²) in [6.07, 6.45) is 0. The van der Waals surface area contributed by atoms with Gasteiger partial charge in [0.1, 0.15) is 0 Å². The maximum atomic E-state index is 2.00. The quantitative estimate of drug-likeness (QED) is 0.646. The van der Waals surface area contributed by atoms with E-state index in [0.29, 0.717) is 0 Å². The average Bonchev–Trinajstić information content (AvgIpc) is 2.67. The molecule has 0 atom stereocenters. The summed E-state index contributed by atoms with van der Waals surface area (Å²) in [7, 11) is 0. The van der Waals surface area contributed by atoms with Gasteiger partial charge in [0.05, 0.1) is 0 Å². The van der Waals surface area contributed by atoms with Crippen molar-refractivity contribution in [3.8, 4) is 0 Å². The minimum Gasteiger partial charge on any atom is -0.214 e. The number of rotatable bonds is 0. The van der Waals surface area contributed by atoms with Crippen LogP contribution in [0.4, 0.5) is 0 Å². The predicted octanol–water partition coefficient (Wildman–Crippen LogP) is 2.81. The van der Waals surface area contributed by atoms with Crippen molar-refractivity contribution in [2.45, 2.75) is 0 Å². The van der Waals surface area contributed by atoms with Gasteiger partial charge in [0.15, 0.2) is 0 Å². The Labute approximate surface area is 101 Å². The first-order chi connectivity index (χ1) is 5.00. The second-order valence-corrected chi connectivity index (χ2v) is 1.92. The molecule has 0 heterocycles. The van der Waals surface area contributed by atoms with E-state index in [0.717, 1.165) is 0 Å². The third-order valence-corrected chi connectivity index (χ3v) is 1.11. The maximum absolute atomic E-state index is 2.00. The van der Waals surface area contributed by atoms with Gasteiger partial charge >= 0.3 is 0 Å². The molecule has 0 fully saturated rings. The van der Waals surface area contributed by atoms with E-state index in [-0.39, 0.29) is 41.7 Å². The third-order valence-electron chi connectivity index (χ3n) is 1.11. The van der Waals surface area contributed by atoms with Crippen molar-refractivity contribution < 1.29 is 41.7 Å². The molecule has 2 aromatic carbocycles. The summed E-state index contributed by atoms with van der Waals surface area (Å²) in [6.45, 7) is 0. The van der Waals surface area contributed by atoms with Crippen LogP contribution >= 0.6 is 0 Å². The fourth-order valence-electron chi connectivity index (χ4n) is 0.642. The summed E-state index contributed by atoms with van der Waals surface area (Å²) in [5.41, 5.74) is 0. The maximum Gasteiger partial charge on any atom is 0 e. The monoisotopic (exact) mass is 270 g/mol. The zero-order valence-electron chi connectivity index (χ0n) is 6.27. The molecule has 0 aliphatic rings. The largest absolute Gasteiger partial charge is 0.214 e. The van der Waals surface area contributed by atoms with E-state index in [1.54, 1.807) is 0 Å². The molecule has 0 radical (unpaired) electrons. The molecule has 0 unspecified atom stereocenters. The Hall–Kier alpha value is 0.0766. The fourth-order valence-corrected chi connectivity index (χ4v) is 0.642. The van der Waals surface area contributed by atoms with Crippen LogP contribution in [-0.2, 0) is 0 Å². The Morgan fingerprint density at radius 3 is 0.909 bits per heavy atom. The van der Waals surface area contributed by atoms with E-state index >= 15 is 0 Å². The molecule has 0 bridgehead atoms. The Bertz CT molecular complexity index is 144. The van der Waals surface area contributed by atoms with Crippen LogP contribution < -0.4 is 0 Å². The van der Waals surface area contributed by atoms with Gasteiger partial charge in [-0.25, -0.2) is 24.3 Å². The first kappa shape index (κ1) is 11.1. The Morgan fingerprint density at radius 2 is 0.818 bits per heavy atom. The SMILES string of the molecule is [Ce].c1cc[cH-]c1.c1cc[cH-]c1. The van der Waals surface area contributed by atoms with Crippen molar-refractivity contribution in [2.24, 2.45) is 0 Å². The van der Waals surface area contributed by atoms with Crippen LogP contribution in [-0.4, -0.2) is 0 Å². The minimum atomic E-state index is 0. The van der Waals surface area contributed by atoms with Crippen molar-refractivity contribution in [1.82, 2.24) is 0 Å². The van der Waals surface area contributed by atoms with Crippen molar-refractivity contribution in [1.29, 1.82) is 0 Å². The van der Waals surface area contributed by atoms with E-state index in [9.17, 15) is 0 Å². The molecule has 0 saturated heterocycles. The molecule has 0 amide bonds. The average molecular weight is 270 g/mol. The van der Waals surface area contributed by atoms with Gasteiger partial charge in [-0.1, -0.05) is 0 Å². The van der Waals surface area contributed by atoms with Crippen LogP contribution in [0.15, 0.2) is 60.7 Å². The van der Waals surface area contributed by atoms with Gasteiger partial charge in [-0.3, -0.25) is 0 Å². The van der Waals surface area contributed by atoms with Gasteiger partial charge in [-0.2, -0.15) is 36.4 Å². The topological polar surface area (TPSA) is 0 Å². The first-order valence-electron chi connectivity index (χ1n) is 3.33. The van der Waals surface area contributed by atoms with Crippen LogP contribution in [0.5, 0.6) is 0 Å². The van der Waals surface area contributed by atoms with Gasteiger partial charge in [0.2, 0.25) is 0 Å². The summed E-state index contributed by atoms with van der Waals surface area (Å²) in [4.78, 5) is 0. The molecule has 56 valence electrons. The van der Waals surface area contributed by atoms with E-state index < -0.39 is 0 Å². The molecule has 0 aliphatic heterocycles. The van der Waals surface area contributed by atoms with Crippen LogP contribution in [0.3, 0.4) is 0 Å². The minimum absolute atomic E-state index is 0.